The minimum Gasteiger partial charge on any atom is -0.465 e. The lowest BCUT2D eigenvalue weighted by Crippen LogP contribution is -2.15. The molecule has 0 atom stereocenters. The first-order chi connectivity index (χ1) is 10.4. The highest BCUT2D eigenvalue weighted by molar-refractivity contribution is 14.1. The molecule has 0 aliphatic rings. The molecule has 0 fully saturated rings. The lowest BCUT2D eigenvalue weighted by molar-refractivity contribution is 0.0600. The number of methoxy groups -OCH3 is 1. The van der Waals surface area contributed by atoms with Gasteiger partial charge in [0.2, 0.25) is 0 Å². The molecule has 4 nitrogen and oxygen atoms in total. The summed E-state index contributed by atoms with van der Waals surface area (Å²) >= 11 is 7.79. The molecule has 0 aromatic heterocycles. The topological polar surface area (TPSA) is 55.4 Å². The summed E-state index contributed by atoms with van der Waals surface area (Å²) in [6.45, 7) is 0. The van der Waals surface area contributed by atoms with E-state index in [0.717, 1.165) is 6.07 Å². The second-order valence-corrected chi connectivity index (χ2v) is 5.86. The monoisotopic (exact) mass is 433 g/mol. The predicted octanol–water partition coefficient (Wildman–Crippen LogP) is 4.12. The Kier molecular flexibility index (Phi) is 5.36. The summed E-state index contributed by atoms with van der Waals surface area (Å²) in [4.78, 5) is 23.7. The van der Waals surface area contributed by atoms with Crippen LogP contribution >= 0.6 is 34.2 Å². The Morgan fingerprint density at radius 3 is 2.59 bits per heavy atom. The predicted molar refractivity (Wildman–Crippen MR) is 89.9 cm³/mol. The highest BCUT2D eigenvalue weighted by atomic mass is 127. The Labute approximate surface area is 144 Å². The quantitative estimate of drug-likeness (QED) is 0.585. The summed E-state index contributed by atoms with van der Waals surface area (Å²) in [5.41, 5.74) is 0.400. The smallest absolute Gasteiger partial charge is 0.337 e. The molecule has 0 unspecified atom stereocenters. The zero-order valence-electron chi connectivity index (χ0n) is 11.3. The van der Waals surface area contributed by atoms with Gasteiger partial charge >= 0.3 is 5.97 Å². The average molecular weight is 434 g/mol. The minimum atomic E-state index is -0.648. The van der Waals surface area contributed by atoms with Gasteiger partial charge in [-0.25, -0.2) is 9.18 Å². The zero-order chi connectivity index (χ0) is 16.3. The van der Waals surface area contributed by atoms with Crippen molar-refractivity contribution < 1.29 is 18.7 Å². The van der Waals surface area contributed by atoms with Crippen molar-refractivity contribution in [2.75, 3.05) is 12.4 Å². The first-order valence-electron chi connectivity index (χ1n) is 6.06. The van der Waals surface area contributed by atoms with E-state index in [1.54, 1.807) is 18.2 Å². The standard InChI is InChI=1S/C15H10ClFINO3/c1-22-15(21)8-2-5-11(17)13(6-8)19-14(20)10-4-3-9(16)7-12(10)18/h2-7H,1H3,(H,19,20). The number of hydrogen-bond donors (Lipinski definition) is 1. The van der Waals surface area contributed by atoms with Gasteiger partial charge in [0.25, 0.3) is 5.91 Å². The molecule has 2 aromatic carbocycles. The molecule has 0 saturated heterocycles. The van der Waals surface area contributed by atoms with Crippen molar-refractivity contribution in [2.24, 2.45) is 0 Å². The van der Waals surface area contributed by atoms with Crippen molar-refractivity contribution in [1.82, 2.24) is 0 Å². The number of ether oxygens (including phenoxy) is 1. The van der Waals surface area contributed by atoms with Crippen LogP contribution in [0.3, 0.4) is 0 Å². The number of halogens is 3. The van der Waals surface area contributed by atoms with Crippen molar-refractivity contribution in [3.8, 4) is 0 Å². The van der Waals surface area contributed by atoms with E-state index in [4.69, 9.17) is 11.6 Å². The van der Waals surface area contributed by atoms with E-state index in [2.05, 4.69) is 10.1 Å². The van der Waals surface area contributed by atoms with Crippen LogP contribution in [-0.2, 0) is 4.74 Å². The number of carbonyl (C=O) groups is 2. The number of carbonyl (C=O) groups excluding carboxylic acids is 2. The third kappa shape index (κ3) is 3.75. The fourth-order valence-electron chi connectivity index (χ4n) is 1.73. The Morgan fingerprint density at radius 1 is 1.23 bits per heavy atom. The van der Waals surface area contributed by atoms with Gasteiger partial charge in [0.1, 0.15) is 5.82 Å². The maximum Gasteiger partial charge on any atom is 0.337 e. The van der Waals surface area contributed by atoms with Crippen LogP contribution in [0, 0.1) is 9.39 Å². The largest absolute Gasteiger partial charge is 0.465 e. The van der Waals surface area contributed by atoms with Gasteiger partial charge in [0, 0.05) is 8.59 Å². The molecule has 22 heavy (non-hydrogen) atoms. The molecule has 1 N–H and O–H groups in total. The average Bonchev–Trinajstić information content (AvgIpc) is 2.48. The molecule has 0 saturated carbocycles. The molecule has 0 radical (unpaired) electrons. The van der Waals surface area contributed by atoms with Gasteiger partial charge in [-0.15, -0.1) is 0 Å². The Hall–Kier alpha value is -1.67. The summed E-state index contributed by atoms with van der Waals surface area (Å²) < 4.78 is 19.0. The summed E-state index contributed by atoms with van der Waals surface area (Å²) in [6, 6.07) is 8.33. The van der Waals surface area contributed by atoms with Crippen molar-refractivity contribution >= 4 is 51.8 Å². The maximum atomic E-state index is 13.8. The van der Waals surface area contributed by atoms with Gasteiger partial charge in [-0.3, -0.25) is 4.79 Å². The molecule has 2 rings (SSSR count). The third-order valence-electron chi connectivity index (χ3n) is 2.81. The van der Waals surface area contributed by atoms with Crippen LogP contribution in [0.2, 0.25) is 5.02 Å². The van der Waals surface area contributed by atoms with Gasteiger partial charge in [-0.05, 0) is 59.0 Å². The zero-order valence-corrected chi connectivity index (χ0v) is 14.2. The summed E-state index contributed by atoms with van der Waals surface area (Å²) in [5.74, 6) is -1.76. The first kappa shape index (κ1) is 16.7. The number of amides is 1. The molecule has 0 bridgehead atoms. The molecule has 2 aromatic rings. The van der Waals surface area contributed by atoms with E-state index < -0.39 is 17.7 Å². The van der Waals surface area contributed by atoms with Gasteiger partial charge < -0.3 is 10.1 Å². The van der Waals surface area contributed by atoms with Gasteiger partial charge in [-0.1, -0.05) is 11.6 Å². The number of benzene rings is 2. The van der Waals surface area contributed by atoms with E-state index in [1.807, 2.05) is 22.6 Å². The first-order valence-corrected chi connectivity index (χ1v) is 7.52. The summed E-state index contributed by atoms with van der Waals surface area (Å²) in [6.07, 6.45) is 0. The number of anilines is 1. The molecule has 0 aliphatic carbocycles. The van der Waals surface area contributed by atoms with E-state index >= 15 is 0 Å². The molecule has 0 heterocycles. The lowest BCUT2D eigenvalue weighted by Gasteiger charge is -2.09. The summed E-state index contributed by atoms with van der Waals surface area (Å²) in [7, 11) is 1.22. The van der Waals surface area contributed by atoms with Crippen molar-refractivity contribution in [3.05, 3.63) is 61.9 Å². The SMILES string of the molecule is COC(=O)c1ccc(F)c(NC(=O)c2ccc(Cl)cc2I)c1. The van der Waals surface area contributed by atoms with Crippen molar-refractivity contribution in [3.63, 3.8) is 0 Å². The fraction of sp³-hybridized carbons (Fsp3) is 0.0667. The number of hydrogen-bond acceptors (Lipinski definition) is 3. The van der Waals surface area contributed by atoms with Gasteiger partial charge in [0.05, 0.1) is 23.9 Å². The van der Waals surface area contributed by atoms with Crippen LogP contribution < -0.4 is 5.32 Å². The molecular formula is C15H10ClFINO3. The highest BCUT2D eigenvalue weighted by Gasteiger charge is 2.15. The van der Waals surface area contributed by atoms with Crippen molar-refractivity contribution in [1.29, 1.82) is 0 Å². The van der Waals surface area contributed by atoms with Gasteiger partial charge in [0.15, 0.2) is 0 Å². The van der Waals surface area contributed by atoms with Crippen LogP contribution in [0.4, 0.5) is 10.1 Å². The van der Waals surface area contributed by atoms with Crippen LogP contribution in [0.1, 0.15) is 20.7 Å². The Balaban J connectivity index is 2.29. The fourth-order valence-corrected chi connectivity index (χ4v) is 2.85. The van der Waals surface area contributed by atoms with Crippen LogP contribution in [0.25, 0.3) is 0 Å². The highest BCUT2D eigenvalue weighted by Crippen LogP contribution is 2.21. The normalized spacial score (nSPS) is 10.2. The second-order valence-electron chi connectivity index (χ2n) is 4.26. The van der Waals surface area contributed by atoms with Crippen LogP contribution in [0.5, 0.6) is 0 Å². The van der Waals surface area contributed by atoms with E-state index in [9.17, 15) is 14.0 Å². The van der Waals surface area contributed by atoms with Crippen LogP contribution in [0.15, 0.2) is 36.4 Å². The van der Waals surface area contributed by atoms with E-state index in [0.29, 0.717) is 14.2 Å². The molecule has 114 valence electrons. The minimum absolute atomic E-state index is 0.0985. The van der Waals surface area contributed by atoms with Crippen LogP contribution in [-0.4, -0.2) is 19.0 Å². The lowest BCUT2D eigenvalue weighted by atomic mass is 10.1. The van der Waals surface area contributed by atoms with E-state index in [-0.39, 0.29) is 11.3 Å². The third-order valence-corrected chi connectivity index (χ3v) is 3.94. The maximum absolute atomic E-state index is 13.8. The molecular weight excluding hydrogens is 424 g/mol. The summed E-state index contributed by atoms with van der Waals surface area (Å²) in [5, 5.41) is 2.94. The molecule has 0 aliphatic heterocycles. The van der Waals surface area contributed by atoms with Crippen molar-refractivity contribution in [2.45, 2.75) is 0 Å². The number of esters is 1. The molecule has 7 heteroatoms. The Morgan fingerprint density at radius 2 is 1.95 bits per heavy atom. The Bertz CT molecular complexity index is 752. The number of rotatable bonds is 3. The number of nitrogens with one attached hydrogen (secondary N) is 1. The molecule has 0 spiro atoms. The van der Waals surface area contributed by atoms with E-state index in [1.165, 1.54) is 19.2 Å². The van der Waals surface area contributed by atoms with Gasteiger partial charge in [-0.2, -0.15) is 0 Å². The second kappa shape index (κ2) is 7.06. The molecule has 1 amide bonds.